The van der Waals surface area contributed by atoms with Crippen LogP contribution in [-0.2, 0) is 0 Å². The van der Waals surface area contributed by atoms with Crippen LogP contribution >= 0.6 is 0 Å². The molecule has 0 heteroatoms. The molecule has 0 bridgehead atoms. The molecule has 3 unspecified atom stereocenters. The molecular formula is C50H76. The number of aryl methyl sites for hydroxylation is 3. The van der Waals surface area contributed by atoms with E-state index in [1.165, 1.54) is 104 Å². The van der Waals surface area contributed by atoms with Gasteiger partial charge in [-0.3, -0.25) is 0 Å². The predicted octanol–water partition coefficient (Wildman–Crippen LogP) is 16.5. The molecule has 0 aromatic heterocycles. The third kappa shape index (κ3) is 17.2. The van der Waals surface area contributed by atoms with Crippen LogP contribution < -0.4 is 0 Å². The minimum atomic E-state index is 0.885. The molecular weight excluding hydrogens is 601 g/mol. The van der Waals surface area contributed by atoms with Gasteiger partial charge in [0.15, 0.2) is 0 Å². The number of hydrogen-bond donors (Lipinski definition) is 0. The van der Waals surface area contributed by atoms with Crippen LogP contribution in [0.5, 0.6) is 0 Å². The Morgan fingerprint density at radius 2 is 0.820 bits per heavy atom. The highest BCUT2D eigenvalue weighted by Gasteiger charge is 2.24. The van der Waals surface area contributed by atoms with Crippen molar-refractivity contribution < 1.29 is 0 Å². The summed E-state index contributed by atoms with van der Waals surface area (Å²) < 4.78 is 0. The predicted molar refractivity (Wildman–Crippen MR) is 230 cm³/mol. The standard InChI is InChI=1S/C16H16.C15H20.C13H22.3C2H6/c1-13-3-7-15(8-4-13)11-12-16-9-5-14(2)6-10-16;1-12-6-8-14(9-7-12)11-15-5-3-4-13(2)10-15;1-10-6-3-4-8-12(10)13-9-5-7-11(13)2;3*1-2/h3-12H,1-2H3;6-9,11,13H,3-5,10H2,1-2H3;10-11H,3-9H2,1-2H3;3*1-2H3/b12-11+;15-11+;13-12+;;;. The summed E-state index contributed by atoms with van der Waals surface area (Å²) in [6, 6.07) is 25.9. The third-order valence-electron chi connectivity index (χ3n) is 9.90. The quantitative estimate of drug-likeness (QED) is 0.191. The van der Waals surface area contributed by atoms with Crippen molar-refractivity contribution in [1.29, 1.82) is 0 Å². The van der Waals surface area contributed by atoms with E-state index in [1.54, 1.807) is 5.57 Å². The first kappa shape index (κ1) is 44.9. The molecule has 0 N–H and O–H groups in total. The molecule has 0 spiro atoms. The molecule has 0 saturated heterocycles. The molecule has 3 saturated carbocycles. The van der Waals surface area contributed by atoms with Gasteiger partial charge < -0.3 is 0 Å². The highest BCUT2D eigenvalue weighted by Crippen LogP contribution is 2.40. The molecule has 0 aliphatic heterocycles. The van der Waals surface area contributed by atoms with Crippen LogP contribution in [0.2, 0.25) is 0 Å². The van der Waals surface area contributed by atoms with Crippen LogP contribution in [0.15, 0.2) is 89.5 Å². The minimum Gasteiger partial charge on any atom is -0.0694 e. The molecule has 0 radical (unpaired) electrons. The van der Waals surface area contributed by atoms with Gasteiger partial charge in [0.1, 0.15) is 0 Å². The largest absolute Gasteiger partial charge is 0.0694 e. The van der Waals surface area contributed by atoms with Crippen LogP contribution in [0.25, 0.3) is 18.2 Å². The molecule has 0 heterocycles. The zero-order valence-electron chi connectivity index (χ0n) is 34.7. The summed E-state index contributed by atoms with van der Waals surface area (Å²) in [5, 5.41) is 0. The first-order valence-electron chi connectivity index (χ1n) is 20.6. The van der Waals surface area contributed by atoms with Gasteiger partial charge in [-0.1, -0.05) is 200 Å². The lowest BCUT2D eigenvalue weighted by molar-refractivity contribution is 0.455. The summed E-state index contributed by atoms with van der Waals surface area (Å²) in [6.07, 6.45) is 22.2. The van der Waals surface area contributed by atoms with Gasteiger partial charge in [-0.25, -0.2) is 0 Å². The van der Waals surface area contributed by atoms with Crippen molar-refractivity contribution in [2.45, 2.75) is 154 Å². The van der Waals surface area contributed by atoms with Crippen molar-refractivity contribution in [1.82, 2.24) is 0 Å². The SMILES string of the molecule is CC.CC.CC.CC1CCCC/C1=C1/CCCC1C.Cc1ccc(/C=C/c2ccc(C)cc2)cc1.Cc1ccc(/C=C2\CCCC(C)C2)cc1. The summed E-state index contributed by atoms with van der Waals surface area (Å²) in [5.74, 6) is 2.70. The zero-order valence-corrected chi connectivity index (χ0v) is 34.7. The van der Waals surface area contributed by atoms with E-state index in [1.807, 2.05) is 52.7 Å². The Hall–Kier alpha value is -3.12. The van der Waals surface area contributed by atoms with Crippen molar-refractivity contribution >= 4 is 18.2 Å². The maximum absolute atomic E-state index is 2.44. The van der Waals surface area contributed by atoms with Crippen molar-refractivity contribution in [3.05, 3.63) is 123 Å². The maximum atomic E-state index is 2.44. The molecule has 0 nitrogen and oxygen atoms in total. The average molecular weight is 677 g/mol. The normalized spacial score (nSPS) is 21.8. The summed E-state index contributed by atoms with van der Waals surface area (Å²) in [5.41, 5.74) is 13.1. The smallest absolute Gasteiger partial charge is 0.0229 e. The monoisotopic (exact) mass is 677 g/mol. The fourth-order valence-electron chi connectivity index (χ4n) is 7.07. The van der Waals surface area contributed by atoms with Gasteiger partial charge in [-0.05, 0) is 113 Å². The van der Waals surface area contributed by atoms with Crippen LogP contribution in [0.1, 0.15) is 166 Å². The van der Waals surface area contributed by atoms with Crippen molar-refractivity contribution in [2.24, 2.45) is 17.8 Å². The lowest BCUT2D eigenvalue weighted by atomic mass is 9.80. The summed E-state index contributed by atoms with van der Waals surface area (Å²) in [6.45, 7) is 25.6. The van der Waals surface area contributed by atoms with E-state index < -0.39 is 0 Å². The van der Waals surface area contributed by atoms with Gasteiger partial charge in [-0.2, -0.15) is 0 Å². The Morgan fingerprint density at radius 3 is 1.22 bits per heavy atom. The van der Waals surface area contributed by atoms with Crippen LogP contribution in [-0.4, -0.2) is 0 Å². The summed E-state index contributed by atoms with van der Waals surface area (Å²) >= 11 is 0. The van der Waals surface area contributed by atoms with Gasteiger partial charge in [0, 0.05) is 0 Å². The third-order valence-corrected chi connectivity index (χ3v) is 9.90. The van der Waals surface area contributed by atoms with Crippen molar-refractivity contribution in [2.75, 3.05) is 0 Å². The lowest BCUT2D eigenvalue weighted by Gasteiger charge is -2.25. The van der Waals surface area contributed by atoms with Crippen LogP contribution in [0.3, 0.4) is 0 Å². The molecule has 3 aromatic rings. The van der Waals surface area contributed by atoms with E-state index in [2.05, 4.69) is 133 Å². The van der Waals surface area contributed by atoms with Crippen molar-refractivity contribution in [3.63, 3.8) is 0 Å². The Labute approximate surface area is 311 Å². The Kier molecular flexibility index (Phi) is 23.9. The second kappa shape index (κ2) is 26.7. The number of allylic oxidation sites excluding steroid dienone is 3. The molecule has 3 aliphatic rings. The first-order chi connectivity index (χ1) is 24.3. The van der Waals surface area contributed by atoms with Crippen LogP contribution in [0, 0.1) is 38.5 Å². The van der Waals surface area contributed by atoms with Gasteiger partial charge >= 0.3 is 0 Å². The lowest BCUT2D eigenvalue weighted by Crippen LogP contribution is -2.10. The Bertz CT molecular complexity index is 1310. The number of hydrogen-bond acceptors (Lipinski definition) is 0. The Balaban J connectivity index is 0.000000350. The zero-order chi connectivity index (χ0) is 37.3. The molecule has 0 amide bonds. The van der Waals surface area contributed by atoms with E-state index in [9.17, 15) is 0 Å². The maximum Gasteiger partial charge on any atom is -0.0229 e. The average Bonchev–Trinajstić information content (AvgIpc) is 3.58. The van der Waals surface area contributed by atoms with E-state index in [0.717, 1.165) is 17.8 Å². The molecule has 3 fully saturated rings. The van der Waals surface area contributed by atoms with E-state index >= 15 is 0 Å². The number of rotatable bonds is 3. The Morgan fingerprint density at radius 1 is 0.440 bits per heavy atom. The molecule has 50 heavy (non-hydrogen) atoms. The van der Waals surface area contributed by atoms with Gasteiger partial charge in [0.2, 0.25) is 0 Å². The molecule has 276 valence electrons. The van der Waals surface area contributed by atoms with Gasteiger partial charge in [0.25, 0.3) is 0 Å². The van der Waals surface area contributed by atoms with Gasteiger partial charge in [0.05, 0.1) is 0 Å². The molecule has 3 aromatic carbocycles. The van der Waals surface area contributed by atoms with Gasteiger partial charge in [-0.15, -0.1) is 0 Å². The molecule has 3 atom stereocenters. The fraction of sp³-hybridized carbons (Fsp3) is 0.520. The molecule has 3 aliphatic carbocycles. The molecule has 6 rings (SSSR count). The second-order valence-corrected chi connectivity index (χ2v) is 14.1. The second-order valence-electron chi connectivity index (χ2n) is 14.1. The highest BCUT2D eigenvalue weighted by molar-refractivity contribution is 5.69. The summed E-state index contributed by atoms with van der Waals surface area (Å²) in [4.78, 5) is 0. The highest BCUT2D eigenvalue weighted by atomic mass is 14.3. The van der Waals surface area contributed by atoms with Crippen LogP contribution in [0.4, 0.5) is 0 Å². The minimum absolute atomic E-state index is 0.885. The fourth-order valence-corrected chi connectivity index (χ4v) is 7.07. The van der Waals surface area contributed by atoms with E-state index in [4.69, 9.17) is 0 Å². The topological polar surface area (TPSA) is 0 Å². The van der Waals surface area contributed by atoms with E-state index in [0.29, 0.717) is 0 Å². The van der Waals surface area contributed by atoms with Crippen molar-refractivity contribution in [3.8, 4) is 0 Å². The van der Waals surface area contributed by atoms with E-state index in [-0.39, 0.29) is 0 Å². The number of benzene rings is 3. The first-order valence-corrected chi connectivity index (χ1v) is 20.6. The summed E-state index contributed by atoms with van der Waals surface area (Å²) in [7, 11) is 0.